The Kier molecular flexibility index (Phi) is 15.1. The van der Waals surface area contributed by atoms with Crippen LogP contribution in [0.5, 0.6) is 0 Å². The van der Waals surface area contributed by atoms with Crippen LogP contribution in [-0.4, -0.2) is 62.6 Å². The molecule has 0 bridgehead atoms. The molecule has 0 aliphatic rings. The van der Waals surface area contributed by atoms with Gasteiger partial charge < -0.3 is 19.5 Å². The van der Waals surface area contributed by atoms with Gasteiger partial charge in [0.25, 0.3) is 0 Å². The van der Waals surface area contributed by atoms with Gasteiger partial charge in [-0.05, 0) is 12.2 Å². The van der Waals surface area contributed by atoms with Crippen molar-refractivity contribution in [3.05, 3.63) is 12.7 Å². The number of hydrogen-bond donors (Lipinski definition) is 1. The van der Waals surface area contributed by atoms with E-state index < -0.39 is 5.54 Å². The zero-order valence-corrected chi connectivity index (χ0v) is 15.9. The minimum atomic E-state index is -0.844. The number of carbonyl (C=O) groups is 1. The summed E-state index contributed by atoms with van der Waals surface area (Å²) in [5.41, 5.74) is -0.844. The summed E-state index contributed by atoms with van der Waals surface area (Å²) in [7, 11) is 0. The van der Waals surface area contributed by atoms with Crippen molar-refractivity contribution in [3.63, 3.8) is 0 Å². The number of hydrogen-bond acceptors (Lipinski definition) is 5. The van der Waals surface area contributed by atoms with Crippen molar-refractivity contribution in [1.29, 1.82) is 0 Å². The largest absolute Gasteiger partial charge is 0.375 e. The zero-order valence-electron chi connectivity index (χ0n) is 15.1. The number of ether oxygens (including phenoxy) is 3. The lowest BCUT2D eigenvalue weighted by Crippen LogP contribution is -2.58. The van der Waals surface area contributed by atoms with Crippen LogP contribution in [0.1, 0.15) is 19.8 Å². The molecule has 0 fully saturated rings. The van der Waals surface area contributed by atoms with Crippen molar-refractivity contribution in [2.45, 2.75) is 25.3 Å². The number of terminal acetylenes is 2. The Bertz CT molecular complexity index is 433. The van der Waals surface area contributed by atoms with Crippen molar-refractivity contribution in [3.8, 4) is 24.7 Å². The number of nitrogens with one attached hydrogen (secondary N) is 1. The Labute approximate surface area is 156 Å². The highest BCUT2D eigenvalue weighted by molar-refractivity contribution is 7.99. The summed E-state index contributed by atoms with van der Waals surface area (Å²) in [6.45, 7) is 6.92. The molecule has 0 radical (unpaired) electrons. The van der Waals surface area contributed by atoms with E-state index in [0.29, 0.717) is 13.0 Å². The fourth-order valence-electron chi connectivity index (χ4n) is 1.95. The summed E-state index contributed by atoms with van der Waals surface area (Å²) < 4.78 is 16.5. The van der Waals surface area contributed by atoms with Crippen molar-refractivity contribution in [2.75, 3.05) is 51.1 Å². The van der Waals surface area contributed by atoms with Crippen LogP contribution in [0.25, 0.3) is 0 Å². The zero-order chi connectivity index (χ0) is 18.8. The van der Waals surface area contributed by atoms with Crippen molar-refractivity contribution in [2.24, 2.45) is 0 Å². The summed E-state index contributed by atoms with van der Waals surface area (Å²) in [6, 6.07) is 0. The second-order valence-electron chi connectivity index (χ2n) is 5.39. The third kappa shape index (κ3) is 12.6. The lowest BCUT2D eigenvalue weighted by Gasteiger charge is -2.33. The van der Waals surface area contributed by atoms with E-state index in [9.17, 15) is 4.79 Å². The highest BCUT2D eigenvalue weighted by Crippen LogP contribution is 2.11. The molecule has 0 spiro atoms. The minimum Gasteiger partial charge on any atom is -0.375 e. The molecule has 0 aromatic rings. The van der Waals surface area contributed by atoms with Gasteiger partial charge in [-0.1, -0.05) is 24.8 Å². The van der Waals surface area contributed by atoms with Gasteiger partial charge in [0.05, 0.1) is 26.4 Å². The van der Waals surface area contributed by atoms with E-state index in [2.05, 4.69) is 30.7 Å². The predicted molar refractivity (Wildman–Crippen MR) is 103 cm³/mol. The number of carbonyl (C=O) groups excluding carboxylic acids is 1. The molecule has 0 aromatic heterocycles. The molecule has 0 aliphatic heterocycles. The quantitative estimate of drug-likeness (QED) is 0.256. The summed E-state index contributed by atoms with van der Waals surface area (Å²) >= 11 is 1.75. The Hall–Kier alpha value is -1.44. The number of thioether (sulfide) groups is 1. The average molecular weight is 368 g/mol. The van der Waals surface area contributed by atoms with Crippen LogP contribution < -0.4 is 5.32 Å². The van der Waals surface area contributed by atoms with E-state index in [4.69, 9.17) is 27.1 Å². The van der Waals surface area contributed by atoms with Crippen LogP contribution in [0, 0.1) is 24.7 Å². The molecule has 140 valence electrons. The van der Waals surface area contributed by atoms with Gasteiger partial charge in [0.15, 0.2) is 0 Å². The summed E-state index contributed by atoms with van der Waals surface area (Å²) in [5, 5.41) is 2.99. The maximum Gasteiger partial charge on any atom is 0.221 e. The predicted octanol–water partition coefficient (Wildman–Crippen LogP) is 1.88. The molecule has 0 heterocycles. The van der Waals surface area contributed by atoms with Gasteiger partial charge in [0.2, 0.25) is 5.91 Å². The first kappa shape index (κ1) is 23.6. The van der Waals surface area contributed by atoms with Gasteiger partial charge in [0, 0.05) is 12.2 Å². The third-order valence-corrected chi connectivity index (χ3v) is 4.16. The van der Waals surface area contributed by atoms with Crippen molar-refractivity contribution in [1.82, 2.24) is 5.32 Å². The van der Waals surface area contributed by atoms with E-state index >= 15 is 0 Å². The van der Waals surface area contributed by atoms with E-state index in [1.165, 1.54) is 0 Å². The molecule has 0 saturated heterocycles. The highest BCUT2D eigenvalue weighted by Gasteiger charge is 2.33. The summed E-state index contributed by atoms with van der Waals surface area (Å²) in [4.78, 5) is 12.3. The summed E-state index contributed by atoms with van der Waals surface area (Å²) in [5.74, 6) is 6.53. The Morgan fingerprint density at radius 3 is 2.28 bits per heavy atom. The molecular formula is C19H29NO4S. The third-order valence-electron chi connectivity index (χ3n) is 2.97. The van der Waals surface area contributed by atoms with Crippen LogP contribution in [0.4, 0.5) is 0 Å². The lowest BCUT2D eigenvalue weighted by molar-refractivity contribution is -0.126. The van der Waals surface area contributed by atoms with Gasteiger partial charge in [-0.15, -0.1) is 19.4 Å². The smallest absolute Gasteiger partial charge is 0.221 e. The SMILES string of the molecule is C#CCOCC(COCC#C)(COCC=C)NC(=O)CCSCCC. The molecule has 0 saturated carbocycles. The van der Waals surface area contributed by atoms with E-state index in [1.54, 1.807) is 17.8 Å². The molecule has 0 unspecified atom stereocenters. The van der Waals surface area contributed by atoms with Crippen LogP contribution >= 0.6 is 11.8 Å². The molecule has 25 heavy (non-hydrogen) atoms. The van der Waals surface area contributed by atoms with E-state index in [0.717, 1.165) is 17.9 Å². The van der Waals surface area contributed by atoms with Crippen LogP contribution in [0.3, 0.4) is 0 Å². The van der Waals surface area contributed by atoms with Crippen LogP contribution in [0.15, 0.2) is 12.7 Å². The Morgan fingerprint density at radius 1 is 1.16 bits per heavy atom. The van der Waals surface area contributed by atoms with Gasteiger partial charge >= 0.3 is 0 Å². The summed E-state index contributed by atoms with van der Waals surface area (Å²) in [6.07, 6.45) is 13.6. The second-order valence-corrected chi connectivity index (χ2v) is 6.61. The lowest BCUT2D eigenvalue weighted by atomic mass is 10.0. The van der Waals surface area contributed by atoms with Gasteiger partial charge in [-0.25, -0.2) is 0 Å². The molecule has 0 rings (SSSR count). The first-order valence-corrected chi connectivity index (χ1v) is 9.39. The molecule has 5 nitrogen and oxygen atoms in total. The number of rotatable bonds is 16. The fourth-order valence-corrected chi connectivity index (χ4v) is 2.77. The first-order valence-electron chi connectivity index (χ1n) is 8.24. The van der Waals surface area contributed by atoms with Crippen LogP contribution in [0.2, 0.25) is 0 Å². The monoisotopic (exact) mass is 367 g/mol. The Morgan fingerprint density at radius 2 is 1.76 bits per heavy atom. The van der Waals surface area contributed by atoms with Crippen molar-refractivity contribution < 1.29 is 19.0 Å². The topological polar surface area (TPSA) is 56.8 Å². The standard InChI is InChI=1S/C19H29NO4S/c1-5-10-22-15-19(16-23-11-6-2,17-24-12-7-3)20-18(21)9-14-25-13-8-4/h1-2,7H,3,8-17H2,4H3,(H,20,21). The Balaban J connectivity index is 4.85. The maximum absolute atomic E-state index is 12.3. The first-order chi connectivity index (χ1) is 12.1. The maximum atomic E-state index is 12.3. The molecular weight excluding hydrogens is 338 g/mol. The van der Waals surface area contributed by atoms with E-state index in [-0.39, 0.29) is 38.9 Å². The molecule has 1 N–H and O–H groups in total. The number of amides is 1. The highest BCUT2D eigenvalue weighted by atomic mass is 32.2. The van der Waals surface area contributed by atoms with Gasteiger partial charge in [-0.3, -0.25) is 4.79 Å². The molecule has 0 atom stereocenters. The second kappa shape index (κ2) is 16.1. The van der Waals surface area contributed by atoms with Gasteiger partial charge in [0.1, 0.15) is 18.8 Å². The normalized spacial score (nSPS) is 10.7. The van der Waals surface area contributed by atoms with Gasteiger partial charge in [-0.2, -0.15) is 11.8 Å². The molecule has 1 amide bonds. The molecule has 6 heteroatoms. The van der Waals surface area contributed by atoms with E-state index in [1.807, 2.05) is 0 Å². The van der Waals surface area contributed by atoms with Crippen molar-refractivity contribution >= 4 is 17.7 Å². The molecule has 0 aliphatic carbocycles. The molecule has 0 aromatic carbocycles. The van der Waals surface area contributed by atoms with Crippen LogP contribution in [-0.2, 0) is 19.0 Å². The average Bonchev–Trinajstić information content (AvgIpc) is 2.59. The fraction of sp³-hybridized carbons (Fsp3) is 0.632. The minimum absolute atomic E-state index is 0.0839.